The smallest absolute Gasteiger partial charge is 0.187 e. The van der Waals surface area contributed by atoms with Crippen LogP contribution in [0.25, 0.3) is 0 Å². The Morgan fingerprint density at radius 1 is 1.22 bits per heavy atom. The third kappa shape index (κ3) is 1.41. The summed E-state index contributed by atoms with van der Waals surface area (Å²) in [5.74, 6) is 0. The van der Waals surface area contributed by atoms with E-state index in [2.05, 4.69) is 23.4 Å². The van der Waals surface area contributed by atoms with Gasteiger partial charge in [-0.25, -0.2) is 9.34 Å². The molecule has 0 atom stereocenters. The van der Waals surface area contributed by atoms with Crippen molar-refractivity contribution in [1.29, 1.82) is 0 Å². The molecule has 0 N–H and O–H groups in total. The van der Waals surface area contributed by atoms with Gasteiger partial charge in [-0.2, -0.15) is 0 Å². The van der Waals surface area contributed by atoms with Crippen molar-refractivity contribution in [1.82, 2.24) is 9.34 Å². The highest BCUT2D eigenvalue weighted by molar-refractivity contribution is 7.47. The predicted molar refractivity (Wildman–Crippen MR) is 39.2 cm³/mol. The molecule has 0 aromatic heterocycles. The van der Waals surface area contributed by atoms with Gasteiger partial charge in [0, 0.05) is 20.2 Å². The van der Waals surface area contributed by atoms with Crippen molar-refractivity contribution in [2.45, 2.75) is 0 Å². The van der Waals surface area contributed by atoms with E-state index >= 15 is 0 Å². The Hall–Kier alpha value is 0.310. The number of likely N-dealkylation sites (N-methyl/N-ethyl adjacent to an activating group) is 2. The molecule has 1 saturated heterocycles. The van der Waals surface area contributed by atoms with Crippen molar-refractivity contribution >= 4 is 8.45 Å². The van der Waals surface area contributed by atoms with E-state index in [1.807, 2.05) is 0 Å². The molecule has 0 aromatic rings. The lowest BCUT2D eigenvalue weighted by Crippen LogP contribution is -2.08. The number of hydrogen-bond donors (Lipinski definition) is 0. The van der Waals surface area contributed by atoms with Crippen LogP contribution in [0.1, 0.15) is 0 Å². The third-order valence-corrected chi connectivity index (χ3v) is 3.39. The largest absolute Gasteiger partial charge is 0.335 e. The van der Waals surface area contributed by atoms with Gasteiger partial charge in [0.2, 0.25) is 0 Å². The fourth-order valence-corrected chi connectivity index (χ4v) is 2.60. The Bertz CT molecular complexity index is 91.0. The van der Waals surface area contributed by atoms with E-state index in [1.165, 1.54) is 0 Å². The van der Waals surface area contributed by atoms with Gasteiger partial charge in [0.1, 0.15) is 0 Å². The average molecular weight is 148 g/mol. The van der Waals surface area contributed by atoms with Crippen molar-refractivity contribution in [3.8, 4) is 0 Å². The van der Waals surface area contributed by atoms with Crippen LogP contribution in [-0.4, -0.2) is 43.6 Å². The van der Waals surface area contributed by atoms with Crippen LogP contribution in [0.3, 0.4) is 0 Å². The van der Waals surface area contributed by atoms with E-state index in [-0.39, 0.29) is 0 Å². The summed E-state index contributed by atoms with van der Waals surface area (Å²) in [4.78, 5) is 0. The molecule has 1 heterocycles. The molecule has 3 nitrogen and oxygen atoms in total. The van der Waals surface area contributed by atoms with Crippen LogP contribution in [0.2, 0.25) is 0 Å². The first-order valence-electron chi connectivity index (χ1n) is 3.02. The van der Waals surface area contributed by atoms with E-state index in [1.54, 1.807) is 7.11 Å². The summed E-state index contributed by atoms with van der Waals surface area (Å²) in [5.41, 5.74) is 0. The third-order valence-electron chi connectivity index (χ3n) is 1.49. The van der Waals surface area contributed by atoms with Crippen molar-refractivity contribution in [3.63, 3.8) is 0 Å². The summed E-state index contributed by atoms with van der Waals surface area (Å²) in [6, 6.07) is 0. The second-order valence-electron chi connectivity index (χ2n) is 2.20. The summed E-state index contributed by atoms with van der Waals surface area (Å²) in [6.07, 6.45) is 0. The van der Waals surface area contributed by atoms with Crippen molar-refractivity contribution in [2.75, 3.05) is 34.3 Å². The molecule has 0 amide bonds. The maximum Gasteiger partial charge on any atom is 0.187 e. The van der Waals surface area contributed by atoms with Gasteiger partial charge in [-0.3, -0.25) is 0 Å². The quantitative estimate of drug-likeness (QED) is 0.510. The minimum absolute atomic E-state index is 0.399. The molecule has 1 rings (SSSR count). The summed E-state index contributed by atoms with van der Waals surface area (Å²) in [5, 5.41) is 0. The van der Waals surface area contributed by atoms with Gasteiger partial charge < -0.3 is 4.52 Å². The second-order valence-corrected chi connectivity index (χ2v) is 4.43. The highest BCUT2D eigenvalue weighted by Crippen LogP contribution is 2.45. The van der Waals surface area contributed by atoms with E-state index < -0.39 is 8.45 Å². The topological polar surface area (TPSA) is 15.7 Å². The van der Waals surface area contributed by atoms with Crippen LogP contribution in [0.4, 0.5) is 0 Å². The molecular formula is C5H13N2OP. The van der Waals surface area contributed by atoms with Gasteiger partial charge in [0.25, 0.3) is 0 Å². The fourth-order valence-electron chi connectivity index (χ4n) is 1.000. The zero-order valence-electron chi connectivity index (χ0n) is 6.16. The molecule has 0 bridgehead atoms. The van der Waals surface area contributed by atoms with Crippen LogP contribution >= 0.6 is 8.45 Å². The molecular weight excluding hydrogens is 135 g/mol. The van der Waals surface area contributed by atoms with Crippen molar-refractivity contribution < 1.29 is 4.52 Å². The fraction of sp³-hybridized carbons (Fsp3) is 1.00. The van der Waals surface area contributed by atoms with Crippen molar-refractivity contribution in [2.24, 2.45) is 0 Å². The van der Waals surface area contributed by atoms with Gasteiger partial charge in [0.15, 0.2) is 8.45 Å². The van der Waals surface area contributed by atoms with E-state index in [4.69, 9.17) is 4.52 Å². The highest BCUT2D eigenvalue weighted by atomic mass is 31.2. The van der Waals surface area contributed by atoms with E-state index in [0.29, 0.717) is 0 Å². The SMILES string of the molecule is COP1N(C)CCN1C. The lowest BCUT2D eigenvalue weighted by Gasteiger charge is -2.20. The molecule has 0 radical (unpaired) electrons. The Morgan fingerprint density at radius 2 is 1.67 bits per heavy atom. The molecule has 1 aliphatic heterocycles. The van der Waals surface area contributed by atoms with E-state index in [9.17, 15) is 0 Å². The predicted octanol–water partition coefficient (Wildman–Crippen LogP) is 0.737. The molecule has 1 fully saturated rings. The highest BCUT2D eigenvalue weighted by Gasteiger charge is 2.26. The normalized spacial score (nSPS) is 25.7. The number of nitrogens with zero attached hydrogens (tertiary/aromatic N) is 2. The maximum absolute atomic E-state index is 5.25. The average Bonchev–Trinajstić information content (AvgIpc) is 2.12. The van der Waals surface area contributed by atoms with Crippen LogP contribution in [0, 0.1) is 0 Å². The summed E-state index contributed by atoms with van der Waals surface area (Å²) >= 11 is 0. The first-order chi connectivity index (χ1) is 4.25. The molecule has 0 aromatic carbocycles. The van der Waals surface area contributed by atoms with Crippen LogP contribution in [-0.2, 0) is 4.52 Å². The van der Waals surface area contributed by atoms with E-state index in [0.717, 1.165) is 13.1 Å². The summed E-state index contributed by atoms with van der Waals surface area (Å²) in [7, 11) is 5.56. The maximum atomic E-state index is 5.25. The Balaban J connectivity index is 2.44. The second kappa shape index (κ2) is 2.93. The Kier molecular flexibility index (Phi) is 2.42. The zero-order valence-corrected chi connectivity index (χ0v) is 7.06. The number of rotatable bonds is 1. The van der Waals surface area contributed by atoms with Gasteiger partial charge in [-0.1, -0.05) is 0 Å². The molecule has 9 heavy (non-hydrogen) atoms. The molecule has 0 saturated carbocycles. The molecule has 0 spiro atoms. The molecule has 0 aliphatic carbocycles. The zero-order chi connectivity index (χ0) is 6.85. The van der Waals surface area contributed by atoms with Gasteiger partial charge in [-0.05, 0) is 14.1 Å². The van der Waals surface area contributed by atoms with Crippen LogP contribution in [0.15, 0.2) is 0 Å². The lowest BCUT2D eigenvalue weighted by atomic mass is 10.6. The summed E-state index contributed by atoms with van der Waals surface area (Å²) < 4.78 is 9.74. The Labute approximate surface area is 57.5 Å². The standard InChI is InChI=1S/C5H13N2OP/c1-6-4-5-7(2)9(6)8-3/h4-5H2,1-3H3. The van der Waals surface area contributed by atoms with Crippen LogP contribution < -0.4 is 0 Å². The minimum Gasteiger partial charge on any atom is -0.335 e. The molecule has 54 valence electrons. The van der Waals surface area contributed by atoms with Crippen LogP contribution in [0.5, 0.6) is 0 Å². The monoisotopic (exact) mass is 148 g/mol. The first-order valence-corrected chi connectivity index (χ1v) is 4.18. The lowest BCUT2D eigenvalue weighted by molar-refractivity contribution is 0.395. The van der Waals surface area contributed by atoms with Gasteiger partial charge in [-0.15, -0.1) is 0 Å². The van der Waals surface area contributed by atoms with Gasteiger partial charge in [0.05, 0.1) is 0 Å². The summed E-state index contributed by atoms with van der Waals surface area (Å²) in [6.45, 7) is 2.27. The first kappa shape index (κ1) is 7.42. The molecule has 1 aliphatic rings. The molecule has 4 heteroatoms. The molecule has 0 unspecified atom stereocenters. The Morgan fingerprint density at radius 3 is 1.89 bits per heavy atom. The van der Waals surface area contributed by atoms with Crippen molar-refractivity contribution in [3.05, 3.63) is 0 Å². The van der Waals surface area contributed by atoms with Gasteiger partial charge >= 0.3 is 0 Å². The minimum atomic E-state index is -0.399. The number of hydrogen-bond acceptors (Lipinski definition) is 3.